The molecule has 1 aromatic rings. The van der Waals surface area contributed by atoms with Gasteiger partial charge in [-0.3, -0.25) is 9.59 Å². The van der Waals surface area contributed by atoms with Gasteiger partial charge in [0, 0.05) is 25.4 Å². The summed E-state index contributed by atoms with van der Waals surface area (Å²) in [7, 11) is 0. The van der Waals surface area contributed by atoms with Crippen molar-refractivity contribution in [3.8, 4) is 0 Å². The normalized spacial score (nSPS) is 28.1. The summed E-state index contributed by atoms with van der Waals surface area (Å²) < 4.78 is 0. The largest absolute Gasteiger partial charge is 0.349 e. The van der Waals surface area contributed by atoms with E-state index in [4.69, 9.17) is 0 Å². The fourth-order valence-corrected chi connectivity index (χ4v) is 2.57. The Balaban J connectivity index is 1.77. The average molecular weight is 234 g/mol. The lowest BCUT2D eigenvalue weighted by Crippen LogP contribution is -2.61. The third-order valence-corrected chi connectivity index (χ3v) is 3.41. The summed E-state index contributed by atoms with van der Waals surface area (Å²) in [5.41, 5.74) is 0. The van der Waals surface area contributed by atoms with E-state index in [0.29, 0.717) is 13.0 Å². The summed E-state index contributed by atoms with van der Waals surface area (Å²) >= 11 is 0. The highest BCUT2D eigenvalue weighted by Gasteiger charge is 2.42. The van der Waals surface area contributed by atoms with E-state index in [2.05, 4.69) is 15.3 Å². The van der Waals surface area contributed by atoms with Gasteiger partial charge in [-0.1, -0.05) is 0 Å². The Kier molecular flexibility index (Phi) is 2.35. The van der Waals surface area contributed by atoms with Crippen LogP contribution in [0, 0.1) is 0 Å². The molecular formula is C11H14N4O2. The topological polar surface area (TPSA) is 78.1 Å². The van der Waals surface area contributed by atoms with Crippen LogP contribution in [0.3, 0.4) is 0 Å². The third kappa shape index (κ3) is 1.69. The van der Waals surface area contributed by atoms with Crippen LogP contribution in [0.5, 0.6) is 0 Å². The Morgan fingerprint density at radius 2 is 2.35 bits per heavy atom. The first-order valence-electron chi connectivity index (χ1n) is 5.85. The zero-order chi connectivity index (χ0) is 11.8. The van der Waals surface area contributed by atoms with E-state index < -0.39 is 6.04 Å². The SMILES string of the molecule is O=C1N[C@H](Cc2ncc[nH]2)C(=O)N2CCC[C@H]12. The maximum Gasteiger partial charge on any atom is 0.246 e. The van der Waals surface area contributed by atoms with Gasteiger partial charge in [-0.2, -0.15) is 0 Å². The third-order valence-electron chi connectivity index (χ3n) is 3.41. The van der Waals surface area contributed by atoms with Crippen molar-refractivity contribution in [1.29, 1.82) is 0 Å². The summed E-state index contributed by atoms with van der Waals surface area (Å²) in [4.78, 5) is 32.7. The molecule has 90 valence electrons. The molecule has 2 amide bonds. The van der Waals surface area contributed by atoms with Crippen molar-refractivity contribution in [2.45, 2.75) is 31.3 Å². The number of amides is 2. The number of hydrogen-bond donors (Lipinski definition) is 2. The fourth-order valence-electron chi connectivity index (χ4n) is 2.57. The van der Waals surface area contributed by atoms with E-state index in [9.17, 15) is 9.59 Å². The van der Waals surface area contributed by atoms with E-state index in [1.807, 2.05) is 0 Å². The summed E-state index contributed by atoms with van der Waals surface area (Å²) in [6.07, 6.45) is 5.48. The number of aromatic amines is 1. The van der Waals surface area contributed by atoms with Gasteiger partial charge in [0.05, 0.1) is 0 Å². The molecule has 2 fully saturated rings. The first kappa shape index (κ1) is 10.3. The molecule has 0 spiro atoms. The minimum Gasteiger partial charge on any atom is -0.349 e. The quantitative estimate of drug-likeness (QED) is 0.720. The van der Waals surface area contributed by atoms with Gasteiger partial charge in [-0.25, -0.2) is 4.98 Å². The minimum atomic E-state index is -0.469. The zero-order valence-corrected chi connectivity index (χ0v) is 9.35. The van der Waals surface area contributed by atoms with E-state index in [0.717, 1.165) is 18.7 Å². The number of fused-ring (bicyclic) bond motifs is 1. The number of nitrogens with zero attached hydrogens (tertiary/aromatic N) is 2. The molecule has 2 atom stereocenters. The lowest BCUT2D eigenvalue weighted by Gasteiger charge is -2.34. The van der Waals surface area contributed by atoms with Gasteiger partial charge in [0.1, 0.15) is 17.9 Å². The molecule has 0 bridgehead atoms. The first-order chi connectivity index (χ1) is 8.25. The fraction of sp³-hybridized carbons (Fsp3) is 0.545. The van der Waals surface area contributed by atoms with Crippen molar-refractivity contribution in [2.24, 2.45) is 0 Å². The molecule has 6 nitrogen and oxygen atoms in total. The van der Waals surface area contributed by atoms with Crippen molar-refractivity contribution in [3.63, 3.8) is 0 Å². The second-order valence-electron chi connectivity index (χ2n) is 4.49. The number of rotatable bonds is 2. The average Bonchev–Trinajstić information content (AvgIpc) is 2.96. The highest BCUT2D eigenvalue weighted by molar-refractivity contribution is 5.97. The van der Waals surface area contributed by atoms with Crippen LogP contribution in [-0.4, -0.2) is 45.3 Å². The Morgan fingerprint density at radius 3 is 3.12 bits per heavy atom. The van der Waals surface area contributed by atoms with E-state index in [1.54, 1.807) is 17.3 Å². The van der Waals surface area contributed by atoms with Gasteiger partial charge >= 0.3 is 0 Å². The molecule has 6 heteroatoms. The number of carbonyl (C=O) groups is 2. The van der Waals surface area contributed by atoms with Crippen molar-refractivity contribution in [3.05, 3.63) is 18.2 Å². The Morgan fingerprint density at radius 1 is 1.47 bits per heavy atom. The Bertz CT molecular complexity index is 442. The van der Waals surface area contributed by atoms with Crippen LogP contribution in [0.25, 0.3) is 0 Å². The number of nitrogens with one attached hydrogen (secondary N) is 2. The van der Waals surface area contributed by atoms with Gasteiger partial charge in [-0.05, 0) is 12.8 Å². The first-order valence-corrected chi connectivity index (χ1v) is 5.85. The molecule has 17 heavy (non-hydrogen) atoms. The van der Waals surface area contributed by atoms with Gasteiger partial charge in [0.25, 0.3) is 0 Å². The number of piperazine rings is 1. The van der Waals surface area contributed by atoms with Crippen LogP contribution < -0.4 is 5.32 Å². The molecule has 0 radical (unpaired) electrons. The molecule has 2 N–H and O–H groups in total. The Labute approximate surface area is 98.4 Å². The van der Waals surface area contributed by atoms with Gasteiger partial charge < -0.3 is 15.2 Å². The second kappa shape index (κ2) is 3.87. The smallest absolute Gasteiger partial charge is 0.246 e. The zero-order valence-electron chi connectivity index (χ0n) is 9.35. The minimum absolute atomic E-state index is 0.0171. The molecule has 0 aliphatic carbocycles. The summed E-state index contributed by atoms with van der Waals surface area (Å²) in [6, 6.07) is -0.710. The highest BCUT2D eigenvalue weighted by Crippen LogP contribution is 2.22. The van der Waals surface area contributed by atoms with Crippen molar-refractivity contribution < 1.29 is 9.59 Å². The van der Waals surface area contributed by atoms with Crippen LogP contribution in [0.1, 0.15) is 18.7 Å². The molecule has 2 saturated heterocycles. The predicted octanol–water partition coefficient (Wildman–Crippen LogP) is -0.558. The molecule has 1 aromatic heterocycles. The molecule has 0 unspecified atom stereocenters. The van der Waals surface area contributed by atoms with Crippen LogP contribution in [0.4, 0.5) is 0 Å². The van der Waals surface area contributed by atoms with Crippen LogP contribution in [-0.2, 0) is 16.0 Å². The van der Waals surface area contributed by atoms with Crippen molar-refractivity contribution in [1.82, 2.24) is 20.2 Å². The monoisotopic (exact) mass is 234 g/mol. The number of carbonyl (C=O) groups excluding carboxylic acids is 2. The van der Waals surface area contributed by atoms with Crippen molar-refractivity contribution >= 4 is 11.8 Å². The van der Waals surface area contributed by atoms with Crippen LogP contribution >= 0.6 is 0 Å². The number of imidazole rings is 1. The van der Waals surface area contributed by atoms with Crippen molar-refractivity contribution in [2.75, 3.05) is 6.54 Å². The maximum atomic E-state index is 12.1. The molecule has 2 aliphatic heterocycles. The maximum absolute atomic E-state index is 12.1. The van der Waals surface area contributed by atoms with E-state index in [1.165, 1.54) is 0 Å². The number of hydrogen-bond acceptors (Lipinski definition) is 3. The second-order valence-corrected chi connectivity index (χ2v) is 4.49. The van der Waals surface area contributed by atoms with Crippen LogP contribution in [0.15, 0.2) is 12.4 Å². The highest BCUT2D eigenvalue weighted by atomic mass is 16.2. The lowest BCUT2D eigenvalue weighted by atomic mass is 10.1. The number of H-pyrrole nitrogens is 1. The summed E-state index contributed by atoms with van der Waals surface area (Å²) in [6.45, 7) is 0.700. The van der Waals surface area contributed by atoms with Gasteiger partial charge in [-0.15, -0.1) is 0 Å². The molecule has 2 aliphatic rings. The van der Waals surface area contributed by atoms with Gasteiger partial charge in [0.2, 0.25) is 11.8 Å². The molecule has 3 heterocycles. The van der Waals surface area contributed by atoms with E-state index in [-0.39, 0.29) is 17.9 Å². The molecular weight excluding hydrogens is 220 g/mol. The van der Waals surface area contributed by atoms with Gasteiger partial charge in [0.15, 0.2) is 0 Å². The van der Waals surface area contributed by atoms with Crippen LogP contribution in [0.2, 0.25) is 0 Å². The molecule has 0 aromatic carbocycles. The predicted molar refractivity (Wildman–Crippen MR) is 59.0 cm³/mol. The molecule has 0 saturated carbocycles. The lowest BCUT2D eigenvalue weighted by molar-refractivity contribution is -0.147. The molecule has 3 rings (SSSR count). The van der Waals surface area contributed by atoms with E-state index >= 15 is 0 Å². The summed E-state index contributed by atoms with van der Waals surface area (Å²) in [5.74, 6) is 0.712. The summed E-state index contributed by atoms with van der Waals surface area (Å²) in [5, 5.41) is 2.79. The Hall–Kier alpha value is -1.85. The number of aromatic nitrogens is 2. The standard InChI is InChI=1S/C11H14N4O2/c16-10-8-2-1-5-15(8)11(17)7(14-10)6-9-12-3-4-13-9/h3-4,7-8H,1-2,5-6H2,(H,12,13)(H,14,16)/t7-,8-/m1/s1.